The Morgan fingerprint density at radius 1 is 1.10 bits per heavy atom. The smallest absolute Gasteiger partial charge is 0.220 e. The Kier molecular flexibility index (Phi) is 2.74. The standard InChI is InChI=1S/C17H15N3O/c21-17-9-14(10-19-17)12-1-2-15-13(7-12)8-16(20-15)11-3-5-18-6-4-11/h1-8,14,20H,9-10H2,(H,19,21). The van der Waals surface area contributed by atoms with Gasteiger partial charge >= 0.3 is 0 Å². The van der Waals surface area contributed by atoms with Crippen LogP contribution in [0, 0.1) is 0 Å². The third-order valence-electron chi connectivity index (χ3n) is 4.08. The van der Waals surface area contributed by atoms with Crippen molar-refractivity contribution >= 4 is 16.8 Å². The highest BCUT2D eigenvalue weighted by Gasteiger charge is 2.23. The zero-order chi connectivity index (χ0) is 14.2. The van der Waals surface area contributed by atoms with Crippen LogP contribution in [0.2, 0.25) is 0 Å². The van der Waals surface area contributed by atoms with Crippen molar-refractivity contribution in [3.8, 4) is 11.3 Å². The molecule has 2 aromatic heterocycles. The molecule has 0 spiro atoms. The lowest BCUT2D eigenvalue weighted by atomic mass is 9.97. The van der Waals surface area contributed by atoms with Crippen molar-refractivity contribution in [2.45, 2.75) is 12.3 Å². The van der Waals surface area contributed by atoms with Gasteiger partial charge in [0.15, 0.2) is 0 Å². The maximum absolute atomic E-state index is 11.4. The van der Waals surface area contributed by atoms with Crippen molar-refractivity contribution < 1.29 is 4.79 Å². The summed E-state index contributed by atoms with van der Waals surface area (Å²) in [7, 11) is 0. The fourth-order valence-corrected chi connectivity index (χ4v) is 2.93. The van der Waals surface area contributed by atoms with Crippen molar-refractivity contribution in [1.82, 2.24) is 15.3 Å². The van der Waals surface area contributed by atoms with Gasteiger partial charge in [0.05, 0.1) is 0 Å². The molecule has 0 radical (unpaired) electrons. The van der Waals surface area contributed by atoms with Crippen LogP contribution in [-0.2, 0) is 4.79 Å². The predicted molar refractivity (Wildman–Crippen MR) is 81.9 cm³/mol. The predicted octanol–water partition coefficient (Wildman–Crippen LogP) is 2.83. The fraction of sp³-hybridized carbons (Fsp3) is 0.176. The van der Waals surface area contributed by atoms with Crippen LogP contribution < -0.4 is 5.32 Å². The number of carbonyl (C=O) groups excluding carboxylic acids is 1. The fourth-order valence-electron chi connectivity index (χ4n) is 2.93. The number of pyridine rings is 1. The van der Waals surface area contributed by atoms with E-state index in [-0.39, 0.29) is 5.91 Å². The van der Waals surface area contributed by atoms with Gasteiger partial charge < -0.3 is 10.3 Å². The molecule has 1 saturated heterocycles. The van der Waals surface area contributed by atoms with Gasteiger partial charge in [-0.05, 0) is 35.9 Å². The Morgan fingerprint density at radius 3 is 2.71 bits per heavy atom. The van der Waals surface area contributed by atoms with Gasteiger partial charge in [0.2, 0.25) is 5.91 Å². The van der Waals surface area contributed by atoms with Crippen LogP contribution in [0.4, 0.5) is 0 Å². The minimum atomic E-state index is 0.145. The van der Waals surface area contributed by atoms with Crippen molar-refractivity contribution in [2.24, 2.45) is 0 Å². The molecule has 1 unspecified atom stereocenters. The van der Waals surface area contributed by atoms with Crippen molar-refractivity contribution in [3.63, 3.8) is 0 Å². The highest BCUT2D eigenvalue weighted by Crippen LogP contribution is 2.29. The van der Waals surface area contributed by atoms with Crippen molar-refractivity contribution in [2.75, 3.05) is 6.54 Å². The second-order valence-corrected chi connectivity index (χ2v) is 5.47. The number of aromatic amines is 1. The molecule has 0 bridgehead atoms. The molecule has 0 aliphatic carbocycles. The molecule has 2 N–H and O–H groups in total. The quantitative estimate of drug-likeness (QED) is 0.756. The molecule has 4 heteroatoms. The Labute approximate surface area is 122 Å². The van der Waals surface area contributed by atoms with Crippen LogP contribution in [0.1, 0.15) is 17.9 Å². The molecule has 1 atom stereocenters. The molecule has 1 aliphatic rings. The van der Waals surface area contributed by atoms with Gasteiger partial charge in [-0.15, -0.1) is 0 Å². The topological polar surface area (TPSA) is 57.8 Å². The Hall–Kier alpha value is -2.62. The van der Waals surface area contributed by atoms with E-state index in [1.54, 1.807) is 12.4 Å². The largest absolute Gasteiger partial charge is 0.355 e. The summed E-state index contributed by atoms with van der Waals surface area (Å²) in [5.41, 5.74) is 4.55. The normalized spacial score (nSPS) is 18.1. The van der Waals surface area contributed by atoms with Crippen LogP contribution in [0.15, 0.2) is 48.8 Å². The van der Waals surface area contributed by atoms with E-state index in [1.807, 2.05) is 12.1 Å². The van der Waals surface area contributed by atoms with Crippen LogP contribution in [0.25, 0.3) is 22.2 Å². The van der Waals surface area contributed by atoms with E-state index in [9.17, 15) is 4.79 Å². The van der Waals surface area contributed by atoms with Crippen LogP contribution in [0.5, 0.6) is 0 Å². The number of hydrogen-bond acceptors (Lipinski definition) is 2. The van der Waals surface area contributed by atoms with Crippen molar-refractivity contribution in [1.29, 1.82) is 0 Å². The number of H-pyrrole nitrogens is 1. The summed E-state index contributed by atoms with van der Waals surface area (Å²) in [5, 5.41) is 4.07. The van der Waals surface area contributed by atoms with Gasteiger partial charge in [-0.1, -0.05) is 6.07 Å². The number of carbonyl (C=O) groups is 1. The summed E-state index contributed by atoms with van der Waals surface area (Å²) in [6.45, 7) is 0.742. The van der Waals surface area contributed by atoms with Crippen molar-refractivity contribution in [3.05, 3.63) is 54.4 Å². The van der Waals surface area contributed by atoms with Gasteiger partial charge in [0.1, 0.15) is 0 Å². The number of aromatic nitrogens is 2. The Morgan fingerprint density at radius 2 is 1.95 bits per heavy atom. The molecule has 4 rings (SSSR count). The average Bonchev–Trinajstić information content (AvgIpc) is 3.13. The second-order valence-electron chi connectivity index (χ2n) is 5.47. The highest BCUT2D eigenvalue weighted by atomic mass is 16.1. The number of rotatable bonds is 2. The molecule has 3 aromatic rings. The summed E-state index contributed by atoms with van der Waals surface area (Å²) in [4.78, 5) is 18.8. The van der Waals surface area contributed by atoms with Gasteiger partial charge in [-0.25, -0.2) is 0 Å². The maximum Gasteiger partial charge on any atom is 0.220 e. The first-order valence-electron chi connectivity index (χ1n) is 7.09. The molecule has 21 heavy (non-hydrogen) atoms. The molecule has 1 aliphatic heterocycles. The molecule has 1 fully saturated rings. The number of benzene rings is 1. The van der Waals surface area contributed by atoms with Crippen LogP contribution in [0.3, 0.4) is 0 Å². The minimum Gasteiger partial charge on any atom is -0.355 e. The summed E-state index contributed by atoms with van der Waals surface area (Å²) in [6, 6.07) is 12.5. The number of amides is 1. The van der Waals surface area contributed by atoms with Crippen LogP contribution in [-0.4, -0.2) is 22.4 Å². The number of fused-ring (bicyclic) bond motifs is 1. The third-order valence-corrected chi connectivity index (χ3v) is 4.08. The minimum absolute atomic E-state index is 0.145. The van der Waals surface area contributed by atoms with Gasteiger partial charge in [-0.2, -0.15) is 0 Å². The summed E-state index contributed by atoms with van der Waals surface area (Å²) in [6.07, 6.45) is 4.18. The van der Waals surface area contributed by atoms with Crippen LogP contribution >= 0.6 is 0 Å². The molecule has 3 heterocycles. The first kappa shape index (κ1) is 12.1. The van der Waals surface area contributed by atoms with E-state index in [1.165, 1.54) is 10.9 Å². The van der Waals surface area contributed by atoms with Gasteiger partial charge in [-0.3, -0.25) is 9.78 Å². The Bertz CT molecular complexity index is 807. The molecular formula is C17H15N3O. The average molecular weight is 277 g/mol. The summed E-state index contributed by atoms with van der Waals surface area (Å²) in [5.74, 6) is 0.438. The zero-order valence-electron chi connectivity index (χ0n) is 11.5. The van der Waals surface area contributed by atoms with E-state index >= 15 is 0 Å². The summed E-state index contributed by atoms with van der Waals surface area (Å²) < 4.78 is 0. The molecule has 1 aromatic carbocycles. The Balaban J connectivity index is 1.73. The van der Waals surface area contributed by atoms with Gasteiger partial charge in [0, 0.05) is 53.4 Å². The highest BCUT2D eigenvalue weighted by molar-refractivity contribution is 5.87. The van der Waals surface area contributed by atoms with E-state index in [4.69, 9.17) is 0 Å². The second kappa shape index (κ2) is 4.74. The van der Waals surface area contributed by atoms with E-state index in [0.29, 0.717) is 12.3 Å². The molecule has 4 nitrogen and oxygen atoms in total. The first-order valence-corrected chi connectivity index (χ1v) is 7.09. The number of nitrogens with zero attached hydrogens (tertiary/aromatic N) is 1. The molecule has 1 amide bonds. The lowest BCUT2D eigenvalue weighted by molar-refractivity contribution is -0.119. The SMILES string of the molecule is O=C1CC(c2ccc3[nH]c(-c4ccncc4)cc3c2)CN1. The third kappa shape index (κ3) is 2.18. The lowest BCUT2D eigenvalue weighted by Crippen LogP contribution is -2.13. The first-order chi connectivity index (χ1) is 10.3. The number of hydrogen-bond donors (Lipinski definition) is 2. The molecule has 104 valence electrons. The molecular weight excluding hydrogens is 262 g/mol. The molecule has 0 saturated carbocycles. The zero-order valence-corrected chi connectivity index (χ0v) is 11.5. The van der Waals surface area contributed by atoms with Gasteiger partial charge in [0.25, 0.3) is 0 Å². The van der Waals surface area contributed by atoms with E-state index < -0.39 is 0 Å². The summed E-state index contributed by atoms with van der Waals surface area (Å²) >= 11 is 0. The lowest BCUT2D eigenvalue weighted by Gasteiger charge is -2.07. The number of nitrogens with one attached hydrogen (secondary N) is 2. The van der Waals surface area contributed by atoms with E-state index in [0.717, 1.165) is 23.3 Å². The monoisotopic (exact) mass is 277 g/mol. The van der Waals surface area contributed by atoms with E-state index in [2.05, 4.69) is 39.6 Å². The maximum atomic E-state index is 11.4.